The van der Waals surface area contributed by atoms with E-state index >= 15 is 0 Å². The van der Waals surface area contributed by atoms with Crippen LogP contribution in [0.1, 0.15) is 13.8 Å². The van der Waals surface area contributed by atoms with Crippen LogP contribution in [0.15, 0.2) is 29.3 Å². The molecule has 0 spiro atoms. The standard InChI is InChI=1S/C12H15ClN4O/c1-8(2)14-10-6-9(13)7-17(12(10)18)11-4-5-16(3)15-11/h4-8,14H,1-3H3. The van der Waals surface area contributed by atoms with Crippen LogP contribution in [-0.2, 0) is 7.05 Å². The van der Waals surface area contributed by atoms with E-state index in [0.29, 0.717) is 16.5 Å². The summed E-state index contributed by atoms with van der Waals surface area (Å²) in [6, 6.07) is 3.55. The lowest BCUT2D eigenvalue weighted by Gasteiger charge is -2.11. The van der Waals surface area contributed by atoms with Gasteiger partial charge in [-0.05, 0) is 19.9 Å². The SMILES string of the molecule is CC(C)Nc1cc(Cl)cn(-c2ccn(C)n2)c1=O. The number of pyridine rings is 1. The van der Waals surface area contributed by atoms with Gasteiger partial charge in [0.05, 0.1) is 5.02 Å². The molecule has 6 heteroatoms. The van der Waals surface area contributed by atoms with Crippen LogP contribution in [0, 0.1) is 0 Å². The second kappa shape index (κ2) is 4.86. The third-order valence-corrected chi connectivity index (χ3v) is 2.58. The Kier molecular flexibility index (Phi) is 3.43. The fourth-order valence-corrected chi connectivity index (χ4v) is 1.87. The van der Waals surface area contributed by atoms with Crippen molar-refractivity contribution < 1.29 is 0 Å². The smallest absolute Gasteiger partial charge is 0.279 e. The second-order valence-corrected chi connectivity index (χ2v) is 4.83. The van der Waals surface area contributed by atoms with Crippen LogP contribution in [0.25, 0.3) is 5.82 Å². The van der Waals surface area contributed by atoms with Crippen LogP contribution in [-0.4, -0.2) is 20.4 Å². The molecule has 96 valence electrons. The van der Waals surface area contributed by atoms with Gasteiger partial charge in [0.15, 0.2) is 5.82 Å². The minimum Gasteiger partial charge on any atom is -0.378 e. The zero-order chi connectivity index (χ0) is 13.3. The Balaban J connectivity index is 2.54. The van der Waals surface area contributed by atoms with E-state index in [1.807, 2.05) is 13.8 Å². The number of aromatic nitrogens is 3. The number of halogens is 1. The van der Waals surface area contributed by atoms with Gasteiger partial charge in [-0.3, -0.25) is 14.0 Å². The molecule has 2 rings (SSSR count). The quantitative estimate of drug-likeness (QED) is 0.925. The highest BCUT2D eigenvalue weighted by Gasteiger charge is 2.10. The fraction of sp³-hybridized carbons (Fsp3) is 0.333. The Bertz CT molecular complexity index is 615. The van der Waals surface area contributed by atoms with E-state index in [0.717, 1.165) is 0 Å². The van der Waals surface area contributed by atoms with E-state index in [9.17, 15) is 4.79 Å². The van der Waals surface area contributed by atoms with Gasteiger partial charge in [-0.25, -0.2) is 0 Å². The molecule has 0 radical (unpaired) electrons. The van der Waals surface area contributed by atoms with Gasteiger partial charge in [-0.15, -0.1) is 0 Å². The lowest BCUT2D eigenvalue weighted by molar-refractivity contribution is 0.746. The number of aryl methyl sites for hydroxylation is 1. The maximum atomic E-state index is 12.3. The van der Waals surface area contributed by atoms with E-state index in [1.165, 1.54) is 4.57 Å². The van der Waals surface area contributed by atoms with Crippen molar-refractivity contribution >= 4 is 17.3 Å². The molecule has 0 aliphatic heterocycles. The van der Waals surface area contributed by atoms with Crippen LogP contribution in [0.4, 0.5) is 5.69 Å². The monoisotopic (exact) mass is 266 g/mol. The summed E-state index contributed by atoms with van der Waals surface area (Å²) in [5.74, 6) is 0.553. The molecule has 0 unspecified atom stereocenters. The third kappa shape index (κ3) is 2.56. The van der Waals surface area contributed by atoms with E-state index in [1.54, 1.807) is 36.3 Å². The molecule has 0 atom stereocenters. The van der Waals surface area contributed by atoms with Crippen molar-refractivity contribution in [2.24, 2.45) is 7.05 Å². The van der Waals surface area contributed by atoms with Gasteiger partial charge in [-0.1, -0.05) is 11.6 Å². The van der Waals surface area contributed by atoms with Gasteiger partial charge in [0.1, 0.15) is 5.69 Å². The second-order valence-electron chi connectivity index (χ2n) is 4.39. The molecule has 0 bridgehead atoms. The molecule has 2 aromatic rings. The van der Waals surface area contributed by atoms with Crippen molar-refractivity contribution in [2.45, 2.75) is 19.9 Å². The predicted octanol–water partition coefficient (Wildman–Crippen LogP) is 2.04. The molecule has 0 saturated heterocycles. The molecule has 0 aliphatic carbocycles. The molecule has 0 fully saturated rings. The first-order valence-electron chi connectivity index (χ1n) is 5.66. The summed E-state index contributed by atoms with van der Waals surface area (Å²) in [6.07, 6.45) is 3.34. The van der Waals surface area contributed by atoms with Gasteiger partial charge in [-0.2, -0.15) is 5.10 Å². The molecule has 0 amide bonds. The number of anilines is 1. The molecular formula is C12H15ClN4O. The molecule has 2 heterocycles. The van der Waals surface area contributed by atoms with Crippen molar-refractivity contribution in [1.29, 1.82) is 0 Å². The molecular weight excluding hydrogens is 252 g/mol. The van der Waals surface area contributed by atoms with E-state index in [-0.39, 0.29) is 11.6 Å². The van der Waals surface area contributed by atoms with E-state index in [2.05, 4.69) is 10.4 Å². The van der Waals surface area contributed by atoms with Crippen molar-refractivity contribution in [3.05, 3.63) is 39.9 Å². The summed E-state index contributed by atoms with van der Waals surface area (Å²) in [7, 11) is 1.80. The number of nitrogens with one attached hydrogen (secondary N) is 1. The molecule has 5 nitrogen and oxygen atoms in total. The summed E-state index contributed by atoms with van der Waals surface area (Å²) >= 11 is 6.03. The first-order chi connectivity index (χ1) is 8.47. The minimum atomic E-state index is -0.160. The molecule has 2 aromatic heterocycles. The van der Waals surface area contributed by atoms with Crippen molar-refractivity contribution in [2.75, 3.05) is 5.32 Å². The van der Waals surface area contributed by atoms with Crippen LogP contribution < -0.4 is 10.9 Å². The number of hydrogen-bond donors (Lipinski definition) is 1. The Morgan fingerprint density at radius 1 is 1.44 bits per heavy atom. The van der Waals surface area contributed by atoms with Crippen LogP contribution in [0.5, 0.6) is 0 Å². The fourth-order valence-electron chi connectivity index (χ4n) is 1.66. The maximum Gasteiger partial charge on any atom is 0.279 e. The van der Waals surface area contributed by atoms with Gasteiger partial charge in [0.2, 0.25) is 0 Å². The number of rotatable bonds is 3. The number of nitrogens with zero attached hydrogens (tertiary/aromatic N) is 3. The lowest BCUT2D eigenvalue weighted by Crippen LogP contribution is -2.24. The van der Waals surface area contributed by atoms with Gasteiger partial charge in [0, 0.05) is 31.5 Å². The topological polar surface area (TPSA) is 51.9 Å². The average molecular weight is 267 g/mol. The molecule has 0 saturated carbocycles. The Morgan fingerprint density at radius 3 is 2.72 bits per heavy atom. The molecule has 0 aromatic carbocycles. The third-order valence-electron chi connectivity index (χ3n) is 2.37. The van der Waals surface area contributed by atoms with Crippen LogP contribution >= 0.6 is 11.6 Å². The van der Waals surface area contributed by atoms with Crippen molar-refractivity contribution in [3.63, 3.8) is 0 Å². The van der Waals surface area contributed by atoms with Gasteiger partial charge in [0.25, 0.3) is 5.56 Å². The van der Waals surface area contributed by atoms with Gasteiger partial charge < -0.3 is 5.32 Å². The average Bonchev–Trinajstić information content (AvgIpc) is 2.69. The first-order valence-corrected chi connectivity index (χ1v) is 6.04. The molecule has 1 N–H and O–H groups in total. The summed E-state index contributed by atoms with van der Waals surface area (Å²) in [4.78, 5) is 12.3. The number of hydrogen-bond acceptors (Lipinski definition) is 3. The maximum absolute atomic E-state index is 12.3. The van der Waals surface area contributed by atoms with Crippen LogP contribution in [0.3, 0.4) is 0 Å². The minimum absolute atomic E-state index is 0.160. The summed E-state index contributed by atoms with van der Waals surface area (Å²) in [5.41, 5.74) is 0.315. The predicted molar refractivity (Wildman–Crippen MR) is 72.6 cm³/mol. The Morgan fingerprint density at radius 2 is 2.17 bits per heavy atom. The molecule has 0 aliphatic rings. The normalized spacial score (nSPS) is 10.9. The van der Waals surface area contributed by atoms with E-state index < -0.39 is 0 Å². The Hall–Kier alpha value is -1.75. The van der Waals surface area contributed by atoms with Crippen molar-refractivity contribution in [1.82, 2.24) is 14.3 Å². The summed E-state index contributed by atoms with van der Waals surface area (Å²) in [6.45, 7) is 3.93. The zero-order valence-electron chi connectivity index (χ0n) is 10.5. The largest absolute Gasteiger partial charge is 0.378 e. The summed E-state index contributed by atoms with van der Waals surface area (Å²) < 4.78 is 3.07. The van der Waals surface area contributed by atoms with Gasteiger partial charge >= 0.3 is 0 Å². The highest BCUT2D eigenvalue weighted by atomic mass is 35.5. The highest BCUT2D eigenvalue weighted by molar-refractivity contribution is 6.30. The zero-order valence-corrected chi connectivity index (χ0v) is 11.3. The van der Waals surface area contributed by atoms with Crippen molar-refractivity contribution in [3.8, 4) is 5.82 Å². The van der Waals surface area contributed by atoms with Crippen LogP contribution in [0.2, 0.25) is 5.02 Å². The Labute approximate surface area is 110 Å². The highest BCUT2D eigenvalue weighted by Crippen LogP contribution is 2.14. The lowest BCUT2D eigenvalue weighted by atomic mass is 10.3. The first kappa shape index (κ1) is 12.7. The van der Waals surface area contributed by atoms with E-state index in [4.69, 9.17) is 11.6 Å². The molecule has 18 heavy (non-hydrogen) atoms. The summed E-state index contributed by atoms with van der Waals surface area (Å²) in [5, 5.41) is 7.76.